The molecule has 0 bridgehead atoms. The highest BCUT2D eigenvalue weighted by atomic mass is 19.1. The summed E-state index contributed by atoms with van der Waals surface area (Å²) >= 11 is 0. The van der Waals surface area contributed by atoms with Crippen molar-refractivity contribution in [2.75, 3.05) is 32.0 Å². The van der Waals surface area contributed by atoms with Crippen molar-refractivity contribution in [1.29, 1.82) is 0 Å². The van der Waals surface area contributed by atoms with Crippen LogP contribution in [0.5, 0.6) is 0 Å². The number of halogens is 1. The van der Waals surface area contributed by atoms with Gasteiger partial charge in [-0.05, 0) is 41.7 Å². The lowest BCUT2D eigenvalue weighted by molar-refractivity contribution is -0.862. The van der Waals surface area contributed by atoms with Gasteiger partial charge in [-0.15, -0.1) is 0 Å². The van der Waals surface area contributed by atoms with Gasteiger partial charge in [-0.25, -0.2) is 4.39 Å². The first-order valence-electron chi connectivity index (χ1n) is 9.55. The summed E-state index contributed by atoms with van der Waals surface area (Å²) in [7, 11) is 1.77. The van der Waals surface area contributed by atoms with E-state index in [0.29, 0.717) is 18.2 Å². The minimum absolute atomic E-state index is 0.102. The topological polar surface area (TPSA) is 62.6 Å². The van der Waals surface area contributed by atoms with E-state index in [-0.39, 0.29) is 24.9 Å². The van der Waals surface area contributed by atoms with E-state index < -0.39 is 5.82 Å². The van der Waals surface area contributed by atoms with E-state index in [1.54, 1.807) is 13.1 Å². The highest BCUT2D eigenvalue weighted by molar-refractivity contribution is 5.91. The highest BCUT2D eigenvalue weighted by Crippen LogP contribution is 2.14. The third-order valence-corrected chi connectivity index (χ3v) is 4.42. The maximum absolute atomic E-state index is 13.1. The minimum atomic E-state index is -0.406. The first kappa shape index (κ1) is 21.6. The molecule has 2 aromatic rings. The zero-order valence-corrected chi connectivity index (χ0v) is 16.7. The molecular formula is C22H29FN3O2+. The molecule has 2 rings (SSSR count). The maximum Gasteiger partial charge on any atom is 0.279 e. The van der Waals surface area contributed by atoms with Crippen molar-refractivity contribution in [2.45, 2.75) is 26.2 Å². The van der Waals surface area contributed by atoms with Gasteiger partial charge >= 0.3 is 0 Å². The number of hydrogen-bond acceptors (Lipinski definition) is 2. The largest absolute Gasteiger partial charge is 0.351 e. The van der Waals surface area contributed by atoms with Crippen LogP contribution in [0.25, 0.3) is 0 Å². The van der Waals surface area contributed by atoms with Gasteiger partial charge in [-0.1, -0.05) is 44.2 Å². The Morgan fingerprint density at radius 2 is 1.71 bits per heavy atom. The van der Waals surface area contributed by atoms with Crippen molar-refractivity contribution in [1.82, 2.24) is 5.32 Å². The van der Waals surface area contributed by atoms with Crippen molar-refractivity contribution >= 4 is 17.5 Å². The Kier molecular flexibility index (Phi) is 8.14. The van der Waals surface area contributed by atoms with Crippen LogP contribution in [0.3, 0.4) is 0 Å². The van der Waals surface area contributed by atoms with Crippen LogP contribution in [0.2, 0.25) is 0 Å². The fourth-order valence-electron chi connectivity index (χ4n) is 2.86. The second kappa shape index (κ2) is 10.6. The Hall–Kier alpha value is -2.73. The van der Waals surface area contributed by atoms with Gasteiger partial charge in [0.25, 0.3) is 11.8 Å². The number of carbonyl (C=O) groups is 2. The van der Waals surface area contributed by atoms with Crippen molar-refractivity contribution in [3.63, 3.8) is 0 Å². The standard InChI is InChI=1S/C22H28FN3O2/c1-16(2)18-9-7-17(8-10-18)11-12-24-21(27)14-26(3)15-22(28)25-20-6-4-5-19(23)13-20/h4-10,13,16H,11-12,14-15H2,1-3H3,(H,24,27)(H,25,28)/p+1. The van der Waals surface area contributed by atoms with Crippen molar-refractivity contribution in [3.05, 3.63) is 65.5 Å². The van der Waals surface area contributed by atoms with Crippen LogP contribution in [-0.4, -0.2) is 38.5 Å². The molecule has 0 saturated heterocycles. The van der Waals surface area contributed by atoms with Gasteiger partial charge in [-0.3, -0.25) is 9.59 Å². The number of carbonyl (C=O) groups excluding carboxylic acids is 2. The average Bonchev–Trinajstić information content (AvgIpc) is 2.61. The molecule has 3 N–H and O–H groups in total. The average molecular weight is 386 g/mol. The number of quaternary nitrogens is 1. The molecule has 0 aromatic heterocycles. The molecule has 0 saturated carbocycles. The Morgan fingerprint density at radius 1 is 1.04 bits per heavy atom. The molecule has 0 aliphatic rings. The molecule has 1 atom stereocenters. The summed E-state index contributed by atoms with van der Waals surface area (Å²) in [5, 5.41) is 5.52. The number of benzene rings is 2. The van der Waals surface area contributed by atoms with Gasteiger partial charge in [0.05, 0.1) is 7.05 Å². The van der Waals surface area contributed by atoms with Gasteiger partial charge in [0, 0.05) is 12.2 Å². The SMILES string of the molecule is CC(C)c1ccc(CCNC(=O)C[NH+](C)CC(=O)Nc2cccc(F)c2)cc1. The Bertz CT molecular complexity index is 791. The molecule has 0 heterocycles. The lowest BCUT2D eigenvalue weighted by Gasteiger charge is -2.14. The third kappa shape index (κ3) is 7.48. The molecule has 1 unspecified atom stereocenters. The summed E-state index contributed by atoms with van der Waals surface area (Å²) in [5.41, 5.74) is 2.89. The Balaban J connectivity index is 1.68. The van der Waals surface area contributed by atoms with E-state index in [1.807, 2.05) is 0 Å². The molecule has 0 radical (unpaired) electrons. The van der Waals surface area contributed by atoms with Gasteiger partial charge in [0.1, 0.15) is 5.82 Å². The van der Waals surface area contributed by atoms with Crippen LogP contribution in [-0.2, 0) is 16.0 Å². The summed E-state index contributed by atoms with van der Waals surface area (Å²) in [5.74, 6) is -0.266. The van der Waals surface area contributed by atoms with Crippen LogP contribution in [0.4, 0.5) is 10.1 Å². The van der Waals surface area contributed by atoms with E-state index in [2.05, 4.69) is 48.7 Å². The van der Waals surface area contributed by atoms with E-state index >= 15 is 0 Å². The molecule has 150 valence electrons. The molecule has 0 aliphatic carbocycles. The lowest BCUT2D eigenvalue weighted by Crippen LogP contribution is -3.11. The predicted molar refractivity (Wildman–Crippen MR) is 109 cm³/mol. The van der Waals surface area contributed by atoms with Crippen LogP contribution < -0.4 is 15.5 Å². The first-order chi connectivity index (χ1) is 13.3. The van der Waals surface area contributed by atoms with Crippen molar-refractivity contribution in [3.8, 4) is 0 Å². The van der Waals surface area contributed by atoms with Crippen LogP contribution in [0.15, 0.2) is 48.5 Å². The van der Waals surface area contributed by atoms with Gasteiger partial charge in [0.2, 0.25) is 0 Å². The number of nitrogens with one attached hydrogen (secondary N) is 3. The number of anilines is 1. The van der Waals surface area contributed by atoms with E-state index in [0.717, 1.165) is 11.3 Å². The quantitative estimate of drug-likeness (QED) is 0.615. The van der Waals surface area contributed by atoms with Gasteiger partial charge < -0.3 is 15.5 Å². The number of hydrogen-bond donors (Lipinski definition) is 3. The third-order valence-electron chi connectivity index (χ3n) is 4.42. The van der Waals surface area contributed by atoms with Crippen LogP contribution in [0, 0.1) is 5.82 Å². The fourth-order valence-corrected chi connectivity index (χ4v) is 2.86. The normalized spacial score (nSPS) is 11.9. The van der Waals surface area contributed by atoms with Crippen molar-refractivity contribution < 1.29 is 18.9 Å². The summed E-state index contributed by atoms with van der Waals surface area (Å²) in [4.78, 5) is 24.8. The zero-order chi connectivity index (χ0) is 20.5. The molecule has 6 heteroatoms. The van der Waals surface area contributed by atoms with E-state index in [9.17, 15) is 14.0 Å². The van der Waals surface area contributed by atoms with Crippen LogP contribution in [0.1, 0.15) is 30.9 Å². The monoisotopic (exact) mass is 386 g/mol. The highest BCUT2D eigenvalue weighted by Gasteiger charge is 2.14. The number of amides is 2. The molecule has 0 spiro atoms. The maximum atomic E-state index is 13.1. The summed E-state index contributed by atoms with van der Waals surface area (Å²) < 4.78 is 13.1. The zero-order valence-electron chi connectivity index (χ0n) is 16.7. The van der Waals surface area contributed by atoms with E-state index in [4.69, 9.17) is 0 Å². The summed E-state index contributed by atoms with van der Waals surface area (Å²) in [6.07, 6.45) is 0.767. The number of rotatable bonds is 9. The molecule has 2 aromatic carbocycles. The molecule has 0 aliphatic heterocycles. The molecule has 28 heavy (non-hydrogen) atoms. The molecule has 0 fully saturated rings. The van der Waals surface area contributed by atoms with E-state index in [1.165, 1.54) is 29.3 Å². The first-order valence-corrected chi connectivity index (χ1v) is 9.55. The Labute approximate surface area is 165 Å². The van der Waals surface area contributed by atoms with Crippen LogP contribution >= 0.6 is 0 Å². The lowest BCUT2D eigenvalue weighted by atomic mass is 10.0. The second-order valence-corrected chi connectivity index (χ2v) is 7.37. The predicted octanol–water partition coefficient (Wildman–Crippen LogP) is 1.76. The molecule has 2 amide bonds. The molecular weight excluding hydrogens is 357 g/mol. The minimum Gasteiger partial charge on any atom is -0.351 e. The smallest absolute Gasteiger partial charge is 0.279 e. The molecule has 5 nitrogen and oxygen atoms in total. The summed E-state index contributed by atoms with van der Waals surface area (Å²) in [6.45, 7) is 5.20. The summed E-state index contributed by atoms with van der Waals surface area (Å²) in [6, 6.07) is 14.2. The second-order valence-electron chi connectivity index (χ2n) is 7.37. The van der Waals surface area contributed by atoms with Gasteiger partial charge in [0.15, 0.2) is 13.1 Å². The fraction of sp³-hybridized carbons (Fsp3) is 0.364. The van der Waals surface area contributed by atoms with Crippen molar-refractivity contribution in [2.24, 2.45) is 0 Å². The Morgan fingerprint density at radius 3 is 2.36 bits per heavy atom. The van der Waals surface area contributed by atoms with Gasteiger partial charge in [-0.2, -0.15) is 0 Å². The number of likely N-dealkylation sites (N-methyl/N-ethyl adjacent to an activating group) is 1.